The van der Waals surface area contributed by atoms with Crippen LogP contribution < -0.4 is 0 Å². The smallest absolute Gasteiger partial charge is 0.123 e. The van der Waals surface area contributed by atoms with Gasteiger partial charge in [-0.1, -0.05) is 23.5 Å². The molecule has 4 aromatic rings. The van der Waals surface area contributed by atoms with E-state index >= 15 is 0 Å². The molecule has 0 aliphatic carbocycles. The average Bonchev–Trinajstić information content (AvgIpc) is 2.82. The highest BCUT2D eigenvalue weighted by atomic mass is 32.2. The number of nitrogens with zero attached hydrogens (tertiary/aromatic N) is 4. The summed E-state index contributed by atoms with van der Waals surface area (Å²) in [5.41, 5.74) is 0. The molecule has 0 saturated carbocycles. The van der Waals surface area contributed by atoms with Gasteiger partial charge in [0.2, 0.25) is 0 Å². The Bertz CT molecular complexity index is 1350. The monoisotopic (exact) mass is 676 g/mol. The summed E-state index contributed by atoms with van der Waals surface area (Å²) in [7, 11) is 34.0. The van der Waals surface area contributed by atoms with Gasteiger partial charge in [0.1, 0.15) is 23.0 Å². The van der Waals surface area contributed by atoms with E-state index in [1.165, 1.54) is 47.8 Å². The lowest BCUT2D eigenvalue weighted by Gasteiger charge is -2.20. The van der Waals surface area contributed by atoms with Gasteiger partial charge in [-0.25, -0.2) is 0 Å². The summed E-state index contributed by atoms with van der Waals surface area (Å²) in [6.07, 6.45) is 0. The van der Waals surface area contributed by atoms with E-state index in [9.17, 15) is 20.4 Å². The minimum atomic E-state index is 0.123. The molecule has 0 spiro atoms. The first-order valence-electron chi connectivity index (χ1n) is 15.0. The third kappa shape index (κ3) is 16.6. The number of benzene rings is 4. The van der Waals surface area contributed by atoms with Crippen LogP contribution in [0.25, 0.3) is 21.5 Å². The first-order chi connectivity index (χ1) is 20.5. The van der Waals surface area contributed by atoms with Gasteiger partial charge in [0.15, 0.2) is 0 Å². The largest absolute Gasteiger partial charge is 0.507 e. The third-order valence-electron chi connectivity index (χ3n) is 4.51. The summed E-state index contributed by atoms with van der Waals surface area (Å²) in [4.78, 5) is 3.87. The van der Waals surface area contributed by atoms with Gasteiger partial charge >= 0.3 is 0 Å². The van der Waals surface area contributed by atoms with Crippen LogP contribution in [0.1, 0.15) is 0 Å². The number of fused-ring (bicyclic) bond motifs is 4. The molecule has 256 valence electrons. The predicted molar refractivity (Wildman–Crippen MR) is 199 cm³/mol. The number of rotatable bonds is 0. The Morgan fingerprint density at radius 1 is 0.326 bits per heavy atom. The second-order valence-electron chi connectivity index (χ2n) is 16.8. The molecule has 8 nitrogen and oxygen atoms in total. The Balaban J connectivity index is 0.000000435. The SMILES string of the molecule is C[N+](C)(C)C.C[N+](C)(C)C.C[N+](C)(C)C.C[N+](C)(C)C.Oc1ccc(O)c2cc3c(cc12)Sc1cc2c(O)ccc(O)c2cc1S3. The predicted octanol–water partition coefficient (Wildman–Crippen LogP) is 6.72. The number of aromatic hydroxyl groups is 4. The van der Waals surface area contributed by atoms with Gasteiger partial charge < -0.3 is 38.4 Å². The molecule has 0 atom stereocenters. The van der Waals surface area contributed by atoms with Crippen molar-refractivity contribution in [2.24, 2.45) is 0 Å². The van der Waals surface area contributed by atoms with Crippen molar-refractivity contribution in [2.45, 2.75) is 19.6 Å². The van der Waals surface area contributed by atoms with E-state index < -0.39 is 0 Å². The lowest BCUT2D eigenvalue weighted by molar-refractivity contribution is -0.849. The van der Waals surface area contributed by atoms with Gasteiger partial charge in [-0.15, -0.1) is 0 Å². The Labute approximate surface area is 286 Å². The molecule has 4 aromatic carbocycles. The van der Waals surface area contributed by atoms with Crippen LogP contribution in [0.15, 0.2) is 68.1 Å². The number of phenols is 4. The zero-order chi connectivity index (χ0) is 36.0. The Morgan fingerprint density at radius 3 is 0.587 bits per heavy atom. The maximum Gasteiger partial charge on any atom is 0.123 e. The summed E-state index contributed by atoms with van der Waals surface area (Å²) in [6.45, 7) is 0. The molecule has 4 N–H and O–H groups in total. The van der Waals surface area contributed by atoms with Gasteiger partial charge in [0, 0.05) is 41.1 Å². The molecular weight excluding hydrogens is 617 g/mol. The molecule has 10 heteroatoms. The van der Waals surface area contributed by atoms with Gasteiger partial charge in [-0.3, -0.25) is 0 Å². The number of quaternary nitrogens is 4. The highest BCUT2D eigenvalue weighted by Crippen LogP contribution is 2.53. The highest BCUT2D eigenvalue weighted by molar-refractivity contribution is 8.05. The normalized spacial score (nSPS) is 12.5. The van der Waals surface area contributed by atoms with Crippen LogP contribution in [0.3, 0.4) is 0 Å². The lowest BCUT2D eigenvalue weighted by Crippen LogP contribution is -2.27. The Morgan fingerprint density at radius 2 is 0.457 bits per heavy atom. The minimum Gasteiger partial charge on any atom is -0.507 e. The van der Waals surface area contributed by atoms with Crippen molar-refractivity contribution in [3.05, 3.63) is 48.5 Å². The number of hydrogen-bond donors (Lipinski definition) is 4. The van der Waals surface area contributed by atoms with E-state index in [0.29, 0.717) is 21.5 Å². The van der Waals surface area contributed by atoms with Crippen molar-refractivity contribution in [2.75, 3.05) is 113 Å². The van der Waals surface area contributed by atoms with Crippen LogP contribution in [0, 0.1) is 0 Å². The van der Waals surface area contributed by atoms with E-state index in [2.05, 4.69) is 113 Å². The molecule has 0 bridgehead atoms. The second-order valence-corrected chi connectivity index (χ2v) is 19.0. The van der Waals surface area contributed by atoms with Crippen LogP contribution in [0.5, 0.6) is 23.0 Å². The van der Waals surface area contributed by atoms with Crippen LogP contribution in [-0.4, -0.2) is 151 Å². The molecule has 0 fully saturated rings. The molecular formula is C36H60N4O4S2+4. The molecule has 0 amide bonds. The molecule has 5 rings (SSSR count). The molecule has 0 saturated heterocycles. The zero-order valence-electron chi connectivity index (χ0n) is 31.0. The summed E-state index contributed by atoms with van der Waals surface area (Å²) >= 11 is 3.07. The molecule has 1 aliphatic rings. The van der Waals surface area contributed by atoms with Crippen molar-refractivity contribution < 1.29 is 38.4 Å². The van der Waals surface area contributed by atoms with Gasteiger partial charge in [0.05, 0.1) is 113 Å². The van der Waals surface area contributed by atoms with Crippen LogP contribution in [-0.2, 0) is 0 Å². The standard InChI is InChI=1S/C20H12O4S2.4C4H12N/c21-13-1-2-14(22)10-6-18-17(5-9(10)13)25-19-7-11-12(8-20(19)26-18)16(24)4-3-15(11)23;4*1-5(2,3)4/h1-8,21-24H;4*1-4H3/q;4*+1. The maximum atomic E-state index is 10.1. The highest BCUT2D eigenvalue weighted by Gasteiger charge is 2.21. The number of phenolic OH excluding ortho intramolecular Hbond substituents is 4. The summed E-state index contributed by atoms with van der Waals surface area (Å²) in [5, 5.41) is 42.8. The van der Waals surface area contributed by atoms with Crippen molar-refractivity contribution >= 4 is 45.1 Å². The molecule has 46 heavy (non-hydrogen) atoms. The second kappa shape index (κ2) is 15.8. The van der Waals surface area contributed by atoms with E-state index in [1.807, 2.05) is 24.3 Å². The average molecular weight is 677 g/mol. The summed E-state index contributed by atoms with van der Waals surface area (Å²) in [6, 6.07) is 13.4. The molecule has 0 aromatic heterocycles. The van der Waals surface area contributed by atoms with Crippen molar-refractivity contribution in [3.63, 3.8) is 0 Å². The van der Waals surface area contributed by atoms with Gasteiger partial charge in [-0.05, 0) is 48.5 Å². The third-order valence-corrected chi connectivity index (χ3v) is 7.00. The Kier molecular flexibility index (Phi) is 14.2. The van der Waals surface area contributed by atoms with E-state index in [0.717, 1.165) is 37.5 Å². The van der Waals surface area contributed by atoms with E-state index in [-0.39, 0.29) is 23.0 Å². The quantitative estimate of drug-likeness (QED) is 0.108. The van der Waals surface area contributed by atoms with Gasteiger partial charge in [0.25, 0.3) is 0 Å². The maximum absolute atomic E-state index is 10.1. The number of hydrogen-bond acceptors (Lipinski definition) is 6. The van der Waals surface area contributed by atoms with E-state index in [1.54, 1.807) is 0 Å². The fraction of sp³-hybridized carbons (Fsp3) is 0.444. The van der Waals surface area contributed by atoms with Crippen LogP contribution in [0.4, 0.5) is 0 Å². The molecule has 0 radical (unpaired) electrons. The van der Waals surface area contributed by atoms with Crippen molar-refractivity contribution in [3.8, 4) is 23.0 Å². The first-order valence-corrected chi connectivity index (χ1v) is 16.6. The van der Waals surface area contributed by atoms with Crippen LogP contribution >= 0.6 is 23.5 Å². The molecule has 1 aliphatic heterocycles. The molecule has 0 unspecified atom stereocenters. The first kappa shape index (κ1) is 41.2. The zero-order valence-corrected chi connectivity index (χ0v) is 32.6. The molecule has 1 heterocycles. The fourth-order valence-electron chi connectivity index (χ4n) is 3.20. The summed E-state index contributed by atoms with van der Waals surface area (Å²) in [5.74, 6) is 0.493. The van der Waals surface area contributed by atoms with E-state index in [4.69, 9.17) is 0 Å². The fourth-order valence-corrected chi connectivity index (χ4v) is 5.52. The van der Waals surface area contributed by atoms with Crippen LogP contribution in [0.2, 0.25) is 0 Å². The minimum absolute atomic E-state index is 0.123. The van der Waals surface area contributed by atoms with Crippen molar-refractivity contribution in [1.29, 1.82) is 0 Å². The topological polar surface area (TPSA) is 80.9 Å². The Hall–Kier alpha value is -2.86. The summed E-state index contributed by atoms with van der Waals surface area (Å²) < 4.78 is 4.00. The van der Waals surface area contributed by atoms with Crippen molar-refractivity contribution in [1.82, 2.24) is 0 Å². The van der Waals surface area contributed by atoms with Gasteiger partial charge in [-0.2, -0.15) is 0 Å². The lowest BCUT2D eigenvalue weighted by atomic mass is 10.1.